The smallest absolute Gasteiger partial charge is 0.0558 e. The zero-order chi connectivity index (χ0) is 9.98. The van der Waals surface area contributed by atoms with Gasteiger partial charge in [0.15, 0.2) is 0 Å². The van der Waals surface area contributed by atoms with Crippen LogP contribution in [0.3, 0.4) is 0 Å². The minimum absolute atomic E-state index is 0.271. The first kappa shape index (κ1) is 14.4. The van der Waals surface area contributed by atoms with E-state index in [2.05, 4.69) is 18.7 Å². The van der Waals surface area contributed by atoms with E-state index in [0.29, 0.717) is 0 Å². The van der Waals surface area contributed by atoms with Crippen LogP contribution < -0.4 is 0 Å². The van der Waals surface area contributed by atoms with E-state index in [1.54, 1.807) is 0 Å². The molecule has 0 spiro atoms. The highest BCUT2D eigenvalue weighted by Crippen LogP contribution is 2.01. The molecule has 0 aliphatic rings. The Hall–Kier alpha value is -0.0800. The Kier molecular flexibility index (Phi) is 13.1. The van der Waals surface area contributed by atoms with Gasteiger partial charge in [-0.05, 0) is 13.0 Å². The third-order valence-electron chi connectivity index (χ3n) is 1.80. The van der Waals surface area contributed by atoms with E-state index < -0.39 is 0 Å². The predicted molar refractivity (Wildman–Crippen MR) is 55.4 cm³/mol. The largest absolute Gasteiger partial charge is 0.395 e. The molecule has 0 aromatic carbocycles. The lowest BCUT2D eigenvalue weighted by Crippen LogP contribution is -2.26. The van der Waals surface area contributed by atoms with Gasteiger partial charge in [0.25, 0.3) is 0 Å². The number of aliphatic hydroxyl groups is 1. The van der Waals surface area contributed by atoms with Crippen molar-refractivity contribution in [3.63, 3.8) is 0 Å². The summed E-state index contributed by atoms with van der Waals surface area (Å²) in [4.78, 5) is 2.16. The van der Waals surface area contributed by atoms with E-state index >= 15 is 0 Å². The quantitative estimate of drug-likeness (QED) is 0.690. The molecule has 0 aromatic heterocycles. The lowest BCUT2D eigenvalue weighted by molar-refractivity contribution is 0.204. The van der Waals surface area contributed by atoms with Gasteiger partial charge in [-0.15, -0.1) is 0 Å². The van der Waals surface area contributed by atoms with Crippen LogP contribution in [0.2, 0.25) is 0 Å². The maximum Gasteiger partial charge on any atom is 0.0558 e. The summed E-state index contributed by atoms with van der Waals surface area (Å²) in [7, 11) is 2.04. The molecule has 0 fully saturated rings. The molecule has 2 heteroatoms. The van der Waals surface area contributed by atoms with Gasteiger partial charge in [-0.2, -0.15) is 0 Å². The van der Waals surface area contributed by atoms with Crippen molar-refractivity contribution in [1.29, 1.82) is 0 Å². The van der Waals surface area contributed by atoms with Gasteiger partial charge in [0.05, 0.1) is 6.61 Å². The highest BCUT2D eigenvalue weighted by atomic mass is 16.3. The number of likely N-dealkylation sites (N-methyl/N-ethyl adjacent to an activating group) is 1. The van der Waals surface area contributed by atoms with Crippen molar-refractivity contribution < 1.29 is 5.11 Å². The maximum atomic E-state index is 8.58. The zero-order valence-corrected chi connectivity index (χ0v) is 9.30. The normalized spacial score (nSPS) is 12.2. The van der Waals surface area contributed by atoms with Crippen LogP contribution in [0.4, 0.5) is 0 Å². The SMILES string of the molecule is CC.CCC(C)CN(C)CCO. The second-order valence-electron chi connectivity index (χ2n) is 3.00. The fraction of sp³-hybridized carbons (Fsp3) is 1.00. The van der Waals surface area contributed by atoms with Crippen molar-refractivity contribution in [2.75, 3.05) is 26.7 Å². The van der Waals surface area contributed by atoms with Crippen LogP contribution in [-0.4, -0.2) is 36.8 Å². The van der Waals surface area contributed by atoms with Crippen LogP contribution in [0, 0.1) is 5.92 Å². The molecule has 0 bridgehead atoms. The molecule has 0 saturated heterocycles. The molecule has 2 nitrogen and oxygen atoms in total. The number of hydrogen-bond acceptors (Lipinski definition) is 2. The van der Waals surface area contributed by atoms with Gasteiger partial charge in [-0.3, -0.25) is 0 Å². The second-order valence-corrected chi connectivity index (χ2v) is 3.00. The van der Waals surface area contributed by atoms with Gasteiger partial charge in [-0.25, -0.2) is 0 Å². The minimum Gasteiger partial charge on any atom is -0.395 e. The second kappa shape index (κ2) is 10.9. The summed E-state index contributed by atoms with van der Waals surface area (Å²) in [5.41, 5.74) is 0. The summed E-state index contributed by atoms with van der Waals surface area (Å²) < 4.78 is 0. The first-order chi connectivity index (χ1) is 5.70. The molecule has 0 saturated carbocycles. The molecule has 0 heterocycles. The average molecular weight is 175 g/mol. The monoisotopic (exact) mass is 175 g/mol. The molecule has 0 rings (SSSR count). The Balaban J connectivity index is 0. The summed E-state index contributed by atoms with van der Waals surface area (Å²) >= 11 is 0. The molecule has 1 unspecified atom stereocenters. The van der Waals surface area contributed by atoms with Crippen molar-refractivity contribution in [3.05, 3.63) is 0 Å². The Labute approximate surface area is 77.6 Å². The maximum absolute atomic E-state index is 8.58. The lowest BCUT2D eigenvalue weighted by Gasteiger charge is -2.18. The molecular weight excluding hydrogens is 150 g/mol. The molecule has 1 atom stereocenters. The molecule has 0 aromatic rings. The van der Waals surface area contributed by atoms with Crippen molar-refractivity contribution in [2.45, 2.75) is 34.1 Å². The molecule has 76 valence electrons. The van der Waals surface area contributed by atoms with Crippen LogP contribution in [0.1, 0.15) is 34.1 Å². The van der Waals surface area contributed by atoms with Crippen LogP contribution >= 0.6 is 0 Å². The Morgan fingerprint density at radius 3 is 2.17 bits per heavy atom. The third-order valence-corrected chi connectivity index (χ3v) is 1.80. The highest BCUT2D eigenvalue weighted by molar-refractivity contribution is 4.55. The highest BCUT2D eigenvalue weighted by Gasteiger charge is 2.02. The zero-order valence-electron chi connectivity index (χ0n) is 9.30. The van der Waals surface area contributed by atoms with Gasteiger partial charge in [0.1, 0.15) is 0 Å². The summed E-state index contributed by atoms with van der Waals surface area (Å²) in [6, 6.07) is 0. The van der Waals surface area contributed by atoms with E-state index in [9.17, 15) is 0 Å². The van der Waals surface area contributed by atoms with E-state index in [0.717, 1.165) is 19.0 Å². The van der Waals surface area contributed by atoms with Crippen LogP contribution in [-0.2, 0) is 0 Å². The summed E-state index contributed by atoms with van der Waals surface area (Å²) in [5, 5.41) is 8.58. The Morgan fingerprint density at radius 2 is 1.83 bits per heavy atom. The van der Waals surface area contributed by atoms with Crippen LogP contribution in [0.5, 0.6) is 0 Å². The summed E-state index contributed by atoms with van der Waals surface area (Å²) in [6.45, 7) is 10.6. The van der Waals surface area contributed by atoms with Crippen molar-refractivity contribution in [2.24, 2.45) is 5.92 Å². The molecule has 12 heavy (non-hydrogen) atoms. The van der Waals surface area contributed by atoms with Crippen molar-refractivity contribution in [1.82, 2.24) is 4.90 Å². The van der Waals surface area contributed by atoms with Gasteiger partial charge in [-0.1, -0.05) is 34.1 Å². The van der Waals surface area contributed by atoms with E-state index in [4.69, 9.17) is 5.11 Å². The predicted octanol–water partition coefficient (Wildman–Crippen LogP) is 1.98. The fourth-order valence-electron chi connectivity index (χ4n) is 0.923. The molecule has 0 radical (unpaired) electrons. The van der Waals surface area contributed by atoms with Gasteiger partial charge in [0, 0.05) is 13.1 Å². The molecular formula is C10H25NO. The molecule has 1 N–H and O–H groups in total. The number of rotatable bonds is 5. The average Bonchev–Trinajstić information content (AvgIpc) is 2.08. The standard InChI is InChI=1S/C8H19NO.C2H6/c1-4-8(2)7-9(3)5-6-10;1-2/h8,10H,4-7H2,1-3H3;1-2H3. The van der Waals surface area contributed by atoms with Crippen LogP contribution in [0.25, 0.3) is 0 Å². The first-order valence-electron chi connectivity index (χ1n) is 5.00. The van der Waals surface area contributed by atoms with E-state index in [1.165, 1.54) is 6.42 Å². The Bertz CT molecular complexity index is 76.2. The topological polar surface area (TPSA) is 23.5 Å². The van der Waals surface area contributed by atoms with Gasteiger partial charge in [0.2, 0.25) is 0 Å². The van der Waals surface area contributed by atoms with Gasteiger partial charge >= 0.3 is 0 Å². The fourth-order valence-corrected chi connectivity index (χ4v) is 0.923. The number of nitrogens with zero attached hydrogens (tertiary/aromatic N) is 1. The van der Waals surface area contributed by atoms with Crippen molar-refractivity contribution >= 4 is 0 Å². The van der Waals surface area contributed by atoms with E-state index in [-0.39, 0.29) is 6.61 Å². The first-order valence-corrected chi connectivity index (χ1v) is 5.00. The molecule has 0 aliphatic carbocycles. The summed E-state index contributed by atoms with van der Waals surface area (Å²) in [5.74, 6) is 0.747. The van der Waals surface area contributed by atoms with E-state index in [1.807, 2.05) is 20.9 Å². The Morgan fingerprint density at radius 1 is 1.33 bits per heavy atom. The number of aliphatic hydroxyl groups excluding tert-OH is 1. The molecule has 0 amide bonds. The third kappa shape index (κ3) is 9.92. The van der Waals surface area contributed by atoms with Crippen molar-refractivity contribution in [3.8, 4) is 0 Å². The minimum atomic E-state index is 0.271. The van der Waals surface area contributed by atoms with Crippen LogP contribution in [0.15, 0.2) is 0 Å². The lowest BCUT2D eigenvalue weighted by atomic mass is 10.1. The number of hydrogen-bond donors (Lipinski definition) is 1. The summed E-state index contributed by atoms with van der Waals surface area (Å²) in [6.07, 6.45) is 1.22. The van der Waals surface area contributed by atoms with Gasteiger partial charge < -0.3 is 10.0 Å². The molecule has 0 aliphatic heterocycles.